The van der Waals surface area contributed by atoms with Gasteiger partial charge in [-0.05, 0) is 37.8 Å². The summed E-state index contributed by atoms with van der Waals surface area (Å²) in [4.78, 5) is 39.7. The molecule has 3 rings (SSSR count). The first-order chi connectivity index (χ1) is 12.0. The number of benzene rings is 1. The number of carbonyl (C=O) groups excluding carboxylic acids is 3. The first kappa shape index (κ1) is 17.5. The Labute approximate surface area is 148 Å². The minimum Gasteiger partial charge on any atom is -0.340 e. The van der Waals surface area contributed by atoms with Crippen LogP contribution in [0.25, 0.3) is 0 Å². The highest BCUT2D eigenvalue weighted by molar-refractivity contribution is 6.10. The number of para-hydroxylation sites is 1. The van der Waals surface area contributed by atoms with Crippen LogP contribution in [-0.4, -0.2) is 40.7 Å². The summed E-state index contributed by atoms with van der Waals surface area (Å²) in [7, 11) is 0. The van der Waals surface area contributed by atoms with Crippen molar-refractivity contribution in [2.24, 2.45) is 0 Å². The standard InChI is InChI=1S/C19H25N3O3/c1-3-12(4-2)22(13-9-10-13)17(23)11-16-19(25)20-15-8-6-5-7-14(15)18(24)21-16/h5-8,12-13,16H,3-4,9-11H2,1-2H3,(H,20,25)(H,21,24)/t16-/m0/s1. The fourth-order valence-corrected chi connectivity index (χ4v) is 3.48. The molecule has 1 saturated carbocycles. The van der Waals surface area contributed by atoms with Crippen molar-refractivity contribution in [3.8, 4) is 0 Å². The van der Waals surface area contributed by atoms with Gasteiger partial charge < -0.3 is 15.5 Å². The summed E-state index contributed by atoms with van der Waals surface area (Å²) in [5, 5.41) is 5.46. The van der Waals surface area contributed by atoms with E-state index < -0.39 is 6.04 Å². The third-order valence-corrected chi connectivity index (χ3v) is 4.99. The van der Waals surface area contributed by atoms with Crippen molar-refractivity contribution < 1.29 is 14.4 Å². The average molecular weight is 343 g/mol. The van der Waals surface area contributed by atoms with E-state index in [9.17, 15) is 14.4 Å². The van der Waals surface area contributed by atoms with E-state index in [4.69, 9.17) is 0 Å². The largest absolute Gasteiger partial charge is 0.340 e. The van der Waals surface area contributed by atoms with Gasteiger partial charge in [-0.1, -0.05) is 26.0 Å². The van der Waals surface area contributed by atoms with Crippen molar-refractivity contribution in [1.29, 1.82) is 0 Å². The van der Waals surface area contributed by atoms with Gasteiger partial charge in [0.15, 0.2) is 0 Å². The van der Waals surface area contributed by atoms with E-state index in [1.165, 1.54) is 0 Å². The van der Waals surface area contributed by atoms with Crippen LogP contribution in [-0.2, 0) is 9.59 Å². The second-order valence-electron chi connectivity index (χ2n) is 6.77. The Morgan fingerprint density at radius 3 is 2.52 bits per heavy atom. The van der Waals surface area contributed by atoms with Crippen LogP contribution < -0.4 is 10.6 Å². The molecule has 1 atom stereocenters. The van der Waals surface area contributed by atoms with Gasteiger partial charge in [0.2, 0.25) is 11.8 Å². The minimum absolute atomic E-state index is 0.00143. The zero-order chi connectivity index (χ0) is 18.0. The highest BCUT2D eigenvalue weighted by atomic mass is 16.2. The van der Waals surface area contributed by atoms with Crippen molar-refractivity contribution in [3.05, 3.63) is 29.8 Å². The summed E-state index contributed by atoms with van der Waals surface area (Å²) in [6.45, 7) is 4.15. The molecule has 2 N–H and O–H groups in total. The summed E-state index contributed by atoms with van der Waals surface area (Å²) in [5.74, 6) is -0.721. The van der Waals surface area contributed by atoms with Gasteiger partial charge in [-0.15, -0.1) is 0 Å². The number of carbonyl (C=O) groups is 3. The average Bonchev–Trinajstić information content (AvgIpc) is 3.43. The lowest BCUT2D eigenvalue weighted by atomic mass is 10.1. The number of hydrogen-bond donors (Lipinski definition) is 2. The monoisotopic (exact) mass is 343 g/mol. The molecule has 25 heavy (non-hydrogen) atoms. The third-order valence-electron chi connectivity index (χ3n) is 4.99. The fourth-order valence-electron chi connectivity index (χ4n) is 3.48. The van der Waals surface area contributed by atoms with Crippen molar-refractivity contribution in [3.63, 3.8) is 0 Å². The van der Waals surface area contributed by atoms with Gasteiger partial charge in [0, 0.05) is 12.1 Å². The molecule has 1 aliphatic carbocycles. The Balaban J connectivity index is 1.75. The molecule has 1 aliphatic heterocycles. The van der Waals surface area contributed by atoms with Crippen LogP contribution in [0, 0.1) is 0 Å². The van der Waals surface area contributed by atoms with E-state index in [0.717, 1.165) is 25.7 Å². The number of fused-ring (bicyclic) bond motifs is 1. The van der Waals surface area contributed by atoms with Crippen molar-refractivity contribution in [2.45, 2.75) is 64.1 Å². The molecule has 1 aromatic rings. The van der Waals surface area contributed by atoms with Gasteiger partial charge in [0.25, 0.3) is 5.91 Å². The SMILES string of the molecule is CCC(CC)N(C(=O)C[C@@H]1NC(=O)c2ccccc2NC1=O)C1CC1. The Morgan fingerprint density at radius 1 is 1.20 bits per heavy atom. The van der Waals surface area contributed by atoms with Crippen LogP contribution in [0.5, 0.6) is 0 Å². The number of rotatable bonds is 6. The van der Waals surface area contributed by atoms with Crippen LogP contribution in [0.1, 0.15) is 56.3 Å². The molecule has 1 aromatic carbocycles. The summed E-state index contributed by atoms with van der Waals surface area (Å²) in [6, 6.07) is 6.51. The molecule has 6 nitrogen and oxygen atoms in total. The highest BCUT2D eigenvalue weighted by Gasteiger charge is 2.38. The predicted molar refractivity (Wildman–Crippen MR) is 95.2 cm³/mol. The molecule has 6 heteroatoms. The highest BCUT2D eigenvalue weighted by Crippen LogP contribution is 2.31. The molecule has 3 amide bonds. The maximum Gasteiger partial charge on any atom is 0.254 e. The van der Waals surface area contributed by atoms with Gasteiger partial charge >= 0.3 is 0 Å². The zero-order valence-electron chi connectivity index (χ0n) is 14.7. The zero-order valence-corrected chi connectivity index (χ0v) is 14.7. The second-order valence-corrected chi connectivity index (χ2v) is 6.77. The Morgan fingerprint density at radius 2 is 1.88 bits per heavy atom. The number of anilines is 1. The molecule has 0 bridgehead atoms. The van der Waals surface area contributed by atoms with Crippen LogP contribution in [0.4, 0.5) is 5.69 Å². The Bertz CT molecular complexity index is 680. The summed E-state index contributed by atoms with van der Waals surface area (Å²) >= 11 is 0. The van der Waals surface area contributed by atoms with Gasteiger partial charge in [0.05, 0.1) is 17.7 Å². The van der Waals surface area contributed by atoms with Crippen LogP contribution in [0.15, 0.2) is 24.3 Å². The number of nitrogens with one attached hydrogen (secondary N) is 2. The number of hydrogen-bond acceptors (Lipinski definition) is 3. The molecular weight excluding hydrogens is 318 g/mol. The lowest BCUT2D eigenvalue weighted by Crippen LogP contribution is -2.48. The lowest BCUT2D eigenvalue weighted by molar-refractivity contribution is -0.136. The van der Waals surface area contributed by atoms with Crippen molar-refractivity contribution in [2.75, 3.05) is 5.32 Å². The van der Waals surface area contributed by atoms with Gasteiger partial charge in [-0.3, -0.25) is 14.4 Å². The minimum atomic E-state index is -0.844. The van der Waals surface area contributed by atoms with Crippen molar-refractivity contribution >= 4 is 23.4 Å². The summed E-state index contributed by atoms with van der Waals surface area (Å²) < 4.78 is 0. The maximum absolute atomic E-state index is 12.9. The molecule has 0 saturated heterocycles. The van der Waals surface area contributed by atoms with E-state index in [2.05, 4.69) is 24.5 Å². The van der Waals surface area contributed by atoms with Crippen LogP contribution in [0.2, 0.25) is 0 Å². The lowest BCUT2D eigenvalue weighted by Gasteiger charge is -2.32. The molecule has 134 valence electrons. The van der Waals surface area contributed by atoms with Crippen LogP contribution >= 0.6 is 0 Å². The Hall–Kier alpha value is -2.37. The van der Waals surface area contributed by atoms with E-state index in [-0.39, 0.29) is 30.2 Å². The van der Waals surface area contributed by atoms with E-state index >= 15 is 0 Å². The third kappa shape index (κ3) is 3.67. The second kappa shape index (κ2) is 7.25. The van der Waals surface area contributed by atoms with Gasteiger partial charge in [0.1, 0.15) is 6.04 Å². The smallest absolute Gasteiger partial charge is 0.254 e. The van der Waals surface area contributed by atoms with Crippen LogP contribution in [0.3, 0.4) is 0 Å². The van der Waals surface area contributed by atoms with E-state index in [1.807, 2.05) is 4.90 Å². The first-order valence-electron chi connectivity index (χ1n) is 9.07. The molecule has 1 heterocycles. The maximum atomic E-state index is 12.9. The number of amides is 3. The normalized spacial score (nSPS) is 19.7. The van der Waals surface area contributed by atoms with E-state index in [0.29, 0.717) is 17.3 Å². The molecule has 2 aliphatic rings. The van der Waals surface area contributed by atoms with Crippen molar-refractivity contribution in [1.82, 2.24) is 10.2 Å². The molecule has 0 unspecified atom stereocenters. The molecule has 0 radical (unpaired) electrons. The quantitative estimate of drug-likeness (QED) is 0.832. The topological polar surface area (TPSA) is 78.5 Å². The molecule has 0 aromatic heterocycles. The number of nitrogens with zero attached hydrogens (tertiary/aromatic N) is 1. The van der Waals surface area contributed by atoms with Gasteiger partial charge in [-0.25, -0.2) is 0 Å². The van der Waals surface area contributed by atoms with Gasteiger partial charge in [-0.2, -0.15) is 0 Å². The summed E-state index contributed by atoms with van der Waals surface area (Å²) in [5.41, 5.74) is 0.906. The summed E-state index contributed by atoms with van der Waals surface area (Å²) in [6.07, 6.45) is 3.84. The van der Waals surface area contributed by atoms with E-state index in [1.54, 1.807) is 24.3 Å². The Kier molecular flexibility index (Phi) is 5.06. The fraction of sp³-hybridized carbons (Fsp3) is 0.526. The molecular formula is C19H25N3O3. The first-order valence-corrected chi connectivity index (χ1v) is 9.07. The molecule has 1 fully saturated rings. The predicted octanol–water partition coefficient (Wildman–Crippen LogP) is 2.31. The molecule has 0 spiro atoms.